The van der Waals surface area contributed by atoms with Gasteiger partial charge in [0.2, 0.25) is 23.6 Å². The number of aliphatic carboxylic acids is 1. The molecule has 1 saturated heterocycles. The van der Waals surface area contributed by atoms with Crippen molar-refractivity contribution >= 4 is 29.6 Å². The molecule has 0 aliphatic carbocycles. The third-order valence-electron chi connectivity index (χ3n) is 4.41. The monoisotopic (exact) mass is 414 g/mol. The lowest BCUT2D eigenvalue weighted by Crippen LogP contribution is -2.56. The minimum atomic E-state index is -1.35. The first-order chi connectivity index (χ1) is 13.7. The lowest BCUT2D eigenvalue weighted by molar-refractivity contribution is -0.138. The number of hydrogen-bond donors (Lipinski definition) is 7. The van der Waals surface area contributed by atoms with Gasteiger partial charge in [-0.2, -0.15) is 0 Å². The van der Waals surface area contributed by atoms with Crippen molar-refractivity contribution in [2.24, 2.45) is 11.5 Å². The molecule has 3 unspecified atom stereocenters. The molecular weight excluding hydrogens is 384 g/mol. The Hall–Kier alpha value is -2.73. The first kappa shape index (κ1) is 24.3. The lowest BCUT2D eigenvalue weighted by Gasteiger charge is -2.23. The van der Waals surface area contributed by atoms with E-state index in [1.807, 2.05) is 0 Å². The Kier molecular flexibility index (Phi) is 10.6. The van der Waals surface area contributed by atoms with E-state index in [0.717, 1.165) is 6.42 Å². The average Bonchev–Trinajstić information content (AvgIpc) is 3.19. The molecule has 4 amide bonds. The summed E-state index contributed by atoms with van der Waals surface area (Å²) in [4.78, 5) is 59.1. The van der Waals surface area contributed by atoms with E-state index in [2.05, 4.69) is 21.3 Å². The minimum Gasteiger partial charge on any atom is -0.480 e. The number of hydrogen-bond acceptors (Lipinski definition) is 7. The maximum Gasteiger partial charge on any atom is 0.322 e. The predicted molar refractivity (Wildman–Crippen MR) is 102 cm³/mol. The molecular formula is C17H30N6O6. The normalized spacial score (nSPS) is 17.8. The first-order valence-electron chi connectivity index (χ1n) is 9.56. The highest BCUT2D eigenvalue weighted by Gasteiger charge is 2.30. The van der Waals surface area contributed by atoms with Crippen molar-refractivity contribution in [1.29, 1.82) is 0 Å². The van der Waals surface area contributed by atoms with E-state index in [0.29, 0.717) is 38.8 Å². The van der Waals surface area contributed by atoms with Crippen molar-refractivity contribution in [2.45, 2.75) is 56.7 Å². The van der Waals surface area contributed by atoms with Crippen LogP contribution >= 0.6 is 0 Å². The van der Waals surface area contributed by atoms with Gasteiger partial charge in [-0.05, 0) is 45.2 Å². The van der Waals surface area contributed by atoms with Gasteiger partial charge < -0.3 is 37.8 Å². The van der Waals surface area contributed by atoms with Crippen molar-refractivity contribution in [3.05, 3.63) is 0 Å². The van der Waals surface area contributed by atoms with Crippen LogP contribution in [0.4, 0.5) is 0 Å². The van der Waals surface area contributed by atoms with Gasteiger partial charge in [-0.15, -0.1) is 0 Å². The van der Waals surface area contributed by atoms with Gasteiger partial charge >= 0.3 is 5.97 Å². The number of carboxylic acid groups (broad SMARTS) is 1. The summed E-state index contributed by atoms with van der Waals surface area (Å²) >= 11 is 0. The number of carboxylic acids is 1. The molecule has 1 fully saturated rings. The molecule has 1 heterocycles. The Balaban J connectivity index is 2.79. The van der Waals surface area contributed by atoms with Gasteiger partial charge in [-0.3, -0.25) is 24.0 Å². The van der Waals surface area contributed by atoms with Gasteiger partial charge in [0, 0.05) is 0 Å². The van der Waals surface area contributed by atoms with Gasteiger partial charge in [-0.1, -0.05) is 0 Å². The maximum absolute atomic E-state index is 12.7. The van der Waals surface area contributed by atoms with E-state index in [1.54, 1.807) is 0 Å². The molecule has 0 bridgehead atoms. The quantitative estimate of drug-likeness (QED) is 0.153. The summed E-state index contributed by atoms with van der Waals surface area (Å²) in [6.07, 6.45) is 2.51. The average molecular weight is 414 g/mol. The van der Waals surface area contributed by atoms with Crippen LogP contribution in [-0.4, -0.2) is 72.5 Å². The molecule has 0 radical (unpaired) electrons. The summed E-state index contributed by atoms with van der Waals surface area (Å²) in [7, 11) is 0. The summed E-state index contributed by atoms with van der Waals surface area (Å²) in [6, 6.07) is -2.67. The Morgan fingerprint density at radius 2 is 1.79 bits per heavy atom. The van der Waals surface area contributed by atoms with Crippen LogP contribution in [0.15, 0.2) is 0 Å². The highest BCUT2D eigenvalue weighted by Crippen LogP contribution is 2.08. The number of amides is 4. The second-order valence-electron chi connectivity index (χ2n) is 6.84. The van der Waals surface area contributed by atoms with Gasteiger partial charge in [0.05, 0.1) is 12.5 Å². The van der Waals surface area contributed by atoms with Crippen LogP contribution in [0, 0.1) is 0 Å². The van der Waals surface area contributed by atoms with Crippen LogP contribution < -0.4 is 32.7 Å². The molecule has 1 aliphatic rings. The highest BCUT2D eigenvalue weighted by atomic mass is 16.4. The second kappa shape index (κ2) is 12.7. The van der Waals surface area contributed by atoms with E-state index < -0.39 is 48.7 Å². The number of primary amides is 1. The smallest absolute Gasteiger partial charge is 0.322 e. The van der Waals surface area contributed by atoms with Crippen LogP contribution in [0.1, 0.15) is 38.5 Å². The standard InChI is InChI=1S/C17H30N6O6/c18-6-2-1-4-11(22-16(28)10-5-3-7-20-10)17(29)23-12(8-13(19)24)15(27)21-9-14(25)26/h10-12,20H,1-9,18H2,(H2,19,24)(H,21,27)(H,22,28)(H,23,29)(H,25,26). The fourth-order valence-corrected chi connectivity index (χ4v) is 2.91. The third kappa shape index (κ3) is 9.34. The number of rotatable bonds is 13. The molecule has 0 aromatic heterocycles. The zero-order valence-corrected chi connectivity index (χ0v) is 16.2. The van der Waals surface area contributed by atoms with Gasteiger partial charge in [0.25, 0.3) is 0 Å². The van der Waals surface area contributed by atoms with E-state index >= 15 is 0 Å². The van der Waals surface area contributed by atoms with Crippen LogP contribution in [0.5, 0.6) is 0 Å². The van der Waals surface area contributed by atoms with Crippen LogP contribution in [-0.2, 0) is 24.0 Å². The molecule has 0 aromatic carbocycles. The molecule has 3 atom stereocenters. The van der Waals surface area contributed by atoms with Crippen molar-refractivity contribution in [3.63, 3.8) is 0 Å². The molecule has 29 heavy (non-hydrogen) atoms. The molecule has 164 valence electrons. The van der Waals surface area contributed by atoms with Gasteiger partial charge in [-0.25, -0.2) is 0 Å². The summed E-state index contributed by atoms with van der Waals surface area (Å²) < 4.78 is 0. The summed E-state index contributed by atoms with van der Waals surface area (Å²) in [5, 5.41) is 18.8. The summed E-state index contributed by atoms with van der Waals surface area (Å²) in [5.41, 5.74) is 10.6. The molecule has 1 aliphatic heterocycles. The predicted octanol–water partition coefficient (Wildman–Crippen LogP) is -3.09. The van der Waals surface area contributed by atoms with Crippen molar-refractivity contribution in [3.8, 4) is 0 Å². The number of nitrogens with one attached hydrogen (secondary N) is 4. The Morgan fingerprint density at radius 1 is 1.07 bits per heavy atom. The van der Waals surface area contributed by atoms with Crippen molar-refractivity contribution < 1.29 is 29.1 Å². The molecule has 9 N–H and O–H groups in total. The van der Waals surface area contributed by atoms with E-state index in [1.165, 1.54) is 0 Å². The first-order valence-corrected chi connectivity index (χ1v) is 9.56. The maximum atomic E-state index is 12.7. The molecule has 0 saturated carbocycles. The third-order valence-corrected chi connectivity index (χ3v) is 4.41. The lowest BCUT2D eigenvalue weighted by atomic mass is 10.1. The number of carbonyl (C=O) groups is 5. The zero-order valence-electron chi connectivity index (χ0n) is 16.2. The van der Waals surface area contributed by atoms with Gasteiger partial charge in [0.1, 0.15) is 18.6 Å². The topological polar surface area (TPSA) is 206 Å². The van der Waals surface area contributed by atoms with Gasteiger partial charge in [0.15, 0.2) is 0 Å². The second-order valence-corrected chi connectivity index (χ2v) is 6.84. The minimum absolute atomic E-state index is 0.293. The number of nitrogens with two attached hydrogens (primary N) is 2. The molecule has 1 rings (SSSR count). The number of unbranched alkanes of at least 4 members (excludes halogenated alkanes) is 1. The van der Waals surface area contributed by atoms with Crippen molar-refractivity contribution in [1.82, 2.24) is 21.3 Å². The van der Waals surface area contributed by atoms with E-state index in [9.17, 15) is 24.0 Å². The fourth-order valence-electron chi connectivity index (χ4n) is 2.91. The largest absolute Gasteiger partial charge is 0.480 e. The zero-order chi connectivity index (χ0) is 21.8. The SMILES string of the molecule is NCCCCC(NC(=O)C1CCCN1)C(=O)NC(CC(N)=O)C(=O)NCC(=O)O. The highest BCUT2D eigenvalue weighted by molar-refractivity contribution is 5.95. The van der Waals surface area contributed by atoms with Crippen molar-refractivity contribution in [2.75, 3.05) is 19.6 Å². The van der Waals surface area contributed by atoms with Crippen LogP contribution in [0.3, 0.4) is 0 Å². The molecule has 12 heteroatoms. The fraction of sp³-hybridized carbons (Fsp3) is 0.706. The molecule has 0 spiro atoms. The Morgan fingerprint density at radius 3 is 2.34 bits per heavy atom. The number of carbonyl (C=O) groups excluding carboxylic acids is 4. The molecule has 0 aromatic rings. The van der Waals surface area contributed by atoms with E-state index in [4.69, 9.17) is 16.6 Å². The Bertz CT molecular complexity index is 607. The molecule has 12 nitrogen and oxygen atoms in total. The van der Waals surface area contributed by atoms with E-state index in [-0.39, 0.29) is 11.9 Å². The summed E-state index contributed by atoms with van der Waals surface area (Å²) in [5.74, 6) is -3.97. The Labute approximate surface area is 168 Å². The summed E-state index contributed by atoms with van der Waals surface area (Å²) in [6.45, 7) is 0.467. The van der Waals surface area contributed by atoms with Crippen LogP contribution in [0.2, 0.25) is 0 Å². The van der Waals surface area contributed by atoms with Crippen LogP contribution in [0.25, 0.3) is 0 Å².